The Labute approximate surface area is 122 Å². The summed E-state index contributed by atoms with van der Waals surface area (Å²) in [7, 11) is 0. The van der Waals surface area contributed by atoms with Gasteiger partial charge in [0.25, 0.3) is 0 Å². The molecule has 5 heteroatoms. The lowest BCUT2D eigenvalue weighted by atomic mass is 10.1. The predicted octanol–water partition coefficient (Wildman–Crippen LogP) is 1.68. The molecule has 5 nitrogen and oxygen atoms in total. The maximum Gasteiger partial charge on any atom is 0.328 e. The molecule has 0 fully saturated rings. The highest BCUT2D eigenvalue weighted by Crippen LogP contribution is 2.23. The molecule has 3 N–H and O–H groups in total. The zero-order chi connectivity index (χ0) is 15.2. The molecule has 0 radical (unpaired) electrons. The molecule has 2 rings (SSSR count). The van der Waals surface area contributed by atoms with Gasteiger partial charge in [0.15, 0.2) is 6.29 Å². The van der Waals surface area contributed by atoms with Crippen molar-refractivity contribution in [2.75, 3.05) is 0 Å². The first-order valence-corrected chi connectivity index (χ1v) is 6.39. The van der Waals surface area contributed by atoms with Gasteiger partial charge in [-0.2, -0.15) is 0 Å². The molecule has 0 aliphatic rings. The highest BCUT2D eigenvalue weighted by atomic mass is 16.5. The molecular weight excluding hydrogens is 270 g/mol. The maximum absolute atomic E-state index is 12.0. The zero-order valence-electron chi connectivity index (χ0n) is 11.2. The highest BCUT2D eigenvalue weighted by molar-refractivity contribution is 5.84. The Hall–Kier alpha value is -2.66. The van der Waals surface area contributed by atoms with E-state index in [4.69, 9.17) is 10.5 Å². The van der Waals surface area contributed by atoms with Gasteiger partial charge in [-0.3, -0.25) is 4.79 Å². The molecule has 0 aromatic heterocycles. The van der Waals surface area contributed by atoms with Crippen molar-refractivity contribution in [2.24, 2.45) is 5.73 Å². The summed E-state index contributed by atoms with van der Waals surface area (Å²) in [6, 6.07) is 12.4. The lowest BCUT2D eigenvalue weighted by Gasteiger charge is -2.12. The lowest BCUT2D eigenvalue weighted by molar-refractivity contribution is -0.135. The SMILES string of the molecule is NC(Cc1ccccc1)C(=O)Oc1cc(O)ccc1C=O. The molecule has 0 aliphatic carbocycles. The largest absolute Gasteiger partial charge is 0.508 e. The van der Waals surface area contributed by atoms with Crippen molar-refractivity contribution >= 4 is 12.3 Å². The Kier molecular flexibility index (Phi) is 4.68. The van der Waals surface area contributed by atoms with E-state index >= 15 is 0 Å². The summed E-state index contributed by atoms with van der Waals surface area (Å²) in [5, 5.41) is 9.38. The Bertz CT molecular complexity index is 640. The molecule has 0 saturated carbocycles. The van der Waals surface area contributed by atoms with Crippen LogP contribution in [-0.4, -0.2) is 23.4 Å². The number of carbonyl (C=O) groups is 2. The van der Waals surface area contributed by atoms with Crippen molar-refractivity contribution in [1.29, 1.82) is 0 Å². The van der Waals surface area contributed by atoms with Gasteiger partial charge in [-0.05, 0) is 24.1 Å². The van der Waals surface area contributed by atoms with Crippen molar-refractivity contribution in [2.45, 2.75) is 12.5 Å². The van der Waals surface area contributed by atoms with E-state index < -0.39 is 12.0 Å². The quantitative estimate of drug-likeness (QED) is 0.495. The number of aromatic hydroxyl groups is 1. The topological polar surface area (TPSA) is 89.6 Å². The van der Waals surface area contributed by atoms with Gasteiger partial charge in [0.1, 0.15) is 17.5 Å². The van der Waals surface area contributed by atoms with Gasteiger partial charge in [0.2, 0.25) is 0 Å². The fraction of sp³-hybridized carbons (Fsp3) is 0.125. The van der Waals surface area contributed by atoms with Crippen LogP contribution in [0.1, 0.15) is 15.9 Å². The van der Waals surface area contributed by atoms with E-state index in [-0.39, 0.29) is 17.1 Å². The molecular formula is C16H15NO4. The molecule has 21 heavy (non-hydrogen) atoms. The Morgan fingerprint density at radius 1 is 1.24 bits per heavy atom. The number of hydrogen-bond donors (Lipinski definition) is 2. The van der Waals surface area contributed by atoms with E-state index in [0.29, 0.717) is 12.7 Å². The molecule has 1 unspecified atom stereocenters. The van der Waals surface area contributed by atoms with Gasteiger partial charge in [-0.25, -0.2) is 4.79 Å². The highest BCUT2D eigenvalue weighted by Gasteiger charge is 2.18. The van der Waals surface area contributed by atoms with Crippen molar-refractivity contribution in [1.82, 2.24) is 0 Å². The molecule has 108 valence electrons. The molecule has 2 aromatic carbocycles. The Balaban J connectivity index is 2.07. The van der Waals surface area contributed by atoms with Crippen molar-refractivity contribution in [3.05, 3.63) is 59.7 Å². The third kappa shape index (κ3) is 3.90. The second-order valence-corrected chi connectivity index (χ2v) is 4.56. The number of rotatable bonds is 5. The molecule has 0 bridgehead atoms. The van der Waals surface area contributed by atoms with Crippen LogP contribution in [0.25, 0.3) is 0 Å². The summed E-state index contributed by atoms with van der Waals surface area (Å²) in [6.45, 7) is 0. The van der Waals surface area contributed by atoms with Gasteiger partial charge >= 0.3 is 5.97 Å². The molecule has 1 atom stereocenters. The van der Waals surface area contributed by atoms with Crippen molar-refractivity contribution < 1.29 is 19.4 Å². The van der Waals surface area contributed by atoms with Gasteiger partial charge in [-0.1, -0.05) is 30.3 Å². The minimum Gasteiger partial charge on any atom is -0.508 e. The van der Waals surface area contributed by atoms with Crippen molar-refractivity contribution in [3.63, 3.8) is 0 Å². The van der Waals surface area contributed by atoms with Crippen LogP contribution in [0.15, 0.2) is 48.5 Å². The predicted molar refractivity (Wildman–Crippen MR) is 77.3 cm³/mol. The van der Waals surface area contributed by atoms with Crippen LogP contribution in [-0.2, 0) is 11.2 Å². The van der Waals surface area contributed by atoms with E-state index in [0.717, 1.165) is 5.56 Å². The lowest BCUT2D eigenvalue weighted by Crippen LogP contribution is -2.36. The summed E-state index contributed by atoms with van der Waals surface area (Å²) in [6.07, 6.45) is 0.875. The number of carbonyl (C=O) groups excluding carboxylic acids is 2. The minimum atomic E-state index is -0.853. The van der Waals surface area contributed by atoms with E-state index in [1.54, 1.807) is 0 Å². The molecule has 0 spiro atoms. The summed E-state index contributed by atoms with van der Waals surface area (Å²) in [5.74, 6) is -0.758. The number of nitrogens with two attached hydrogens (primary N) is 1. The molecule has 0 saturated heterocycles. The molecule has 0 aliphatic heterocycles. The fourth-order valence-electron chi connectivity index (χ4n) is 1.84. The van der Waals surface area contributed by atoms with Crippen LogP contribution < -0.4 is 10.5 Å². The van der Waals surface area contributed by atoms with Gasteiger partial charge in [0.05, 0.1) is 5.56 Å². The second-order valence-electron chi connectivity index (χ2n) is 4.56. The minimum absolute atomic E-state index is 0.00138. The average molecular weight is 285 g/mol. The first-order chi connectivity index (χ1) is 10.1. The fourth-order valence-corrected chi connectivity index (χ4v) is 1.84. The standard InChI is InChI=1S/C16H15NO4/c17-14(8-11-4-2-1-3-5-11)16(20)21-15-9-13(19)7-6-12(15)10-18/h1-7,9-10,14,19H,8,17H2. The molecule has 2 aromatic rings. The summed E-state index contributed by atoms with van der Waals surface area (Å²) >= 11 is 0. The van der Waals surface area contributed by atoms with Crippen LogP contribution in [0.4, 0.5) is 0 Å². The number of aldehydes is 1. The van der Waals surface area contributed by atoms with Gasteiger partial charge in [-0.15, -0.1) is 0 Å². The van der Waals surface area contributed by atoms with Crippen LogP contribution in [0, 0.1) is 0 Å². The second kappa shape index (κ2) is 6.67. The normalized spacial score (nSPS) is 11.7. The van der Waals surface area contributed by atoms with E-state index in [1.165, 1.54) is 18.2 Å². The van der Waals surface area contributed by atoms with Crippen molar-refractivity contribution in [3.8, 4) is 11.5 Å². The van der Waals surface area contributed by atoms with Gasteiger partial charge in [0, 0.05) is 6.07 Å². The Morgan fingerprint density at radius 2 is 1.95 bits per heavy atom. The summed E-state index contributed by atoms with van der Waals surface area (Å²) in [4.78, 5) is 22.8. The Morgan fingerprint density at radius 3 is 2.62 bits per heavy atom. The van der Waals surface area contributed by atoms with E-state index in [2.05, 4.69) is 0 Å². The van der Waals surface area contributed by atoms with Crippen LogP contribution in [0.5, 0.6) is 11.5 Å². The third-order valence-corrected chi connectivity index (χ3v) is 2.94. The van der Waals surface area contributed by atoms with Crippen LogP contribution >= 0.6 is 0 Å². The molecule has 0 amide bonds. The summed E-state index contributed by atoms with van der Waals surface area (Å²) in [5.41, 5.74) is 6.89. The first-order valence-electron chi connectivity index (χ1n) is 6.39. The van der Waals surface area contributed by atoms with Gasteiger partial charge < -0.3 is 15.6 Å². The number of hydrogen-bond acceptors (Lipinski definition) is 5. The number of phenolic OH excluding ortho intramolecular Hbond substituents is 1. The number of esters is 1. The van der Waals surface area contributed by atoms with Crippen LogP contribution in [0.3, 0.4) is 0 Å². The van der Waals surface area contributed by atoms with Crippen LogP contribution in [0.2, 0.25) is 0 Å². The third-order valence-electron chi connectivity index (χ3n) is 2.94. The number of ether oxygens (including phenoxy) is 1. The first kappa shape index (κ1) is 14.7. The number of benzene rings is 2. The monoisotopic (exact) mass is 285 g/mol. The molecule has 0 heterocycles. The average Bonchev–Trinajstić information content (AvgIpc) is 2.48. The maximum atomic E-state index is 12.0. The van der Waals surface area contributed by atoms with E-state index in [1.807, 2.05) is 30.3 Å². The number of phenols is 1. The van der Waals surface area contributed by atoms with E-state index in [9.17, 15) is 14.7 Å². The smallest absolute Gasteiger partial charge is 0.328 e. The summed E-state index contributed by atoms with van der Waals surface area (Å²) < 4.78 is 5.10. The zero-order valence-corrected chi connectivity index (χ0v) is 11.2.